The molecule has 36 heavy (non-hydrogen) atoms. The molecule has 0 nitrogen and oxygen atoms in total. The Hall–Kier alpha value is 0.910. The SMILES string of the molecule is CCCCCCCCCCCCCC[P+](CCC)(CCC)CCCCCCCCCCCCCC.[Br-]. The molecule has 220 valence electrons. The van der Waals surface area contributed by atoms with Crippen molar-refractivity contribution < 1.29 is 17.0 Å². The molecule has 0 aromatic rings. The molecule has 0 radical (unpaired) electrons. The van der Waals surface area contributed by atoms with E-state index < -0.39 is 7.26 Å². The van der Waals surface area contributed by atoms with E-state index in [4.69, 9.17) is 0 Å². The van der Waals surface area contributed by atoms with E-state index in [2.05, 4.69) is 27.7 Å². The lowest BCUT2D eigenvalue weighted by molar-refractivity contribution is -0.00000800. The highest BCUT2D eigenvalue weighted by atomic mass is 79.9. The predicted molar refractivity (Wildman–Crippen MR) is 169 cm³/mol. The predicted octanol–water partition coefficient (Wildman–Crippen LogP) is 10.2. The van der Waals surface area contributed by atoms with Crippen LogP contribution in [0.15, 0.2) is 0 Å². The molecule has 0 heterocycles. The molecule has 0 bridgehead atoms. The quantitative estimate of drug-likeness (QED) is 0.0576. The van der Waals surface area contributed by atoms with Gasteiger partial charge in [-0.1, -0.05) is 156 Å². The van der Waals surface area contributed by atoms with Crippen molar-refractivity contribution in [2.45, 2.75) is 195 Å². The van der Waals surface area contributed by atoms with Crippen LogP contribution in [0, 0.1) is 0 Å². The Morgan fingerprint density at radius 2 is 0.472 bits per heavy atom. The summed E-state index contributed by atoms with van der Waals surface area (Å²) in [5.74, 6) is 0. The van der Waals surface area contributed by atoms with Crippen LogP contribution in [0.25, 0.3) is 0 Å². The minimum Gasteiger partial charge on any atom is -1.00 e. The topological polar surface area (TPSA) is 0 Å². The molecule has 0 aromatic carbocycles. The molecule has 0 saturated heterocycles. The van der Waals surface area contributed by atoms with E-state index in [1.54, 1.807) is 37.5 Å². The highest BCUT2D eigenvalue weighted by Crippen LogP contribution is 2.61. The zero-order valence-electron chi connectivity index (χ0n) is 26.0. The van der Waals surface area contributed by atoms with Gasteiger partial charge in [0.05, 0.1) is 24.6 Å². The van der Waals surface area contributed by atoms with Crippen LogP contribution in [0.3, 0.4) is 0 Å². The Bertz CT molecular complexity index is 347. The molecule has 0 amide bonds. The monoisotopic (exact) mass is 590 g/mol. The van der Waals surface area contributed by atoms with E-state index >= 15 is 0 Å². The molecular weight excluding hydrogens is 519 g/mol. The maximum absolute atomic E-state index is 2.45. The van der Waals surface area contributed by atoms with Gasteiger partial charge in [0.25, 0.3) is 0 Å². The largest absolute Gasteiger partial charge is 1.00 e. The van der Waals surface area contributed by atoms with Gasteiger partial charge in [-0.05, 0) is 38.5 Å². The highest BCUT2D eigenvalue weighted by Gasteiger charge is 2.33. The Morgan fingerprint density at radius 3 is 0.694 bits per heavy atom. The van der Waals surface area contributed by atoms with Crippen molar-refractivity contribution in [3.05, 3.63) is 0 Å². The van der Waals surface area contributed by atoms with Crippen molar-refractivity contribution in [2.75, 3.05) is 24.6 Å². The van der Waals surface area contributed by atoms with Crippen LogP contribution in [0.5, 0.6) is 0 Å². The number of hydrogen-bond donors (Lipinski definition) is 0. The van der Waals surface area contributed by atoms with Crippen LogP contribution >= 0.6 is 7.26 Å². The van der Waals surface area contributed by atoms with Crippen molar-refractivity contribution >= 4 is 7.26 Å². The van der Waals surface area contributed by atoms with Gasteiger partial charge >= 0.3 is 0 Å². The van der Waals surface area contributed by atoms with Crippen LogP contribution in [0.2, 0.25) is 0 Å². The molecule has 0 aromatic heterocycles. The summed E-state index contributed by atoms with van der Waals surface area (Å²) < 4.78 is 0. The second kappa shape index (κ2) is 32.1. The molecule has 0 atom stereocenters. The van der Waals surface area contributed by atoms with Crippen LogP contribution < -0.4 is 17.0 Å². The smallest absolute Gasteiger partial charge is 0.0594 e. The Labute approximate surface area is 242 Å². The fraction of sp³-hybridized carbons (Fsp3) is 1.00. The van der Waals surface area contributed by atoms with Crippen molar-refractivity contribution in [1.29, 1.82) is 0 Å². The molecule has 0 saturated carbocycles. The van der Waals surface area contributed by atoms with E-state index in [0.717, 1.165) is 0 Å². The summed E-state index contributed by atoms with van der Waals surface area (Å²) >= 11 is 0. The summed E-state index contributed by atoms with van der Waals surface area (Å²) in [7, 11) is -0.656. The van der Waals surface area contributed by atoms with Crippen molar-refractivity contribution in [3.63, 3.8) is 0 Å². The molecule has 0 aliphatic carbocycles. The van der Waals surface area contributed by atoms with Gasteiger partial charge in [0.2, 0.25) is 0 Å². The van der Waals surface area contributed by atoms with Gasteiger partial charge in [-0.2, -0.15) is 0 Å². The zero-order chi connectivity index (χ0) is 25.7. The summed E-state index contributed by atoms with van der Waals surface area (Å²) in [5.41, 5.74) is 0. The maximum atomic E-state index is 2.45. The second-order valence-electron chi connectivity index (χ2n) is 12.0. The molecule has 0 spiro atoms. The van der Waals surface area contributed by atoms with E-state index in [-0.39, 0.29) is 17.0 Å². The second-order valence-corrected chi connectivity index (χ2v) is 16.5. The first-order chi connectivity index (χ1) is 17.2. The minimum atomic E-state index is -0.656. The minimum absolute atomic E-state index is 0. The summed E-state index contributed by atoms with van der Waals surface area (Å²) in [5, 5.41) is 0. The van der Waals surface area contributed by atoms with Gasteiger partial charge in [-0.25, -0.2) is 0 Å². The van der Waals surface area contributed by atoms with E-state index in [1.807, 2.05) is 0 Å². The molecule has 0 aliphatic rings. The fourth-order valence-electron chi connectivity index (χ4n) is 6.20. The van der Waals surface area contributed by atoms with Gasteiger partial charge in [-0.15, -0.1) is 0 Å². The van der Waals surface area contributed by atoms with Gasteiger partial charge in [0.1, 0.15) is 0 Å². The summed E-state index contributed by atoms with van der Waals surface area (Å²) in [6.45, 7) is 9.54. The van der Waals surface area contributed by atoms with E-state index in [1.165, 1.54) is 154 Å². The number of hydrogen-bond acceptors (Lipinski definition) is 0. The third kappa shape index (κ3) is 26.5. The standard InChI is InChI=1S/C34H72P.BrH/c1-5-9-11-13-15-17-19-21-23-25-27-29-33-35(31-7-3,32-8-4)34-30-28-26-24-22-20-18-16-14-12-10-6-2;/h5-34H2,1-4H3;1H/q+1;/p-1. The van der Waals surface area contributed by atoms with E-state index in [9.17, 15) is 0 Å². The first kappa shape index (κ1) is 39.1. The first-order valence-electron chi connectivity index (χ1n) is 17.1. The Balaban J connectivity index is 0. The molecular formula is C34H72BrP. The van der Waals surface area contributed by atoms with Crippen LogP contribution in [-0.4, -0.2) is 24.6 Å². The van der Waals surface area contributed by atoms with Gasteiger partial charge in [0.15, 0.2) is 0 Å². The Kier molecular flexibility index (Phi) is 34.8. The van der Waals surface area contributed by atoms with Crippen LogP contribution in [0.4, 0.5) is 0 Å². The third-order valence-corrected chi connectivity index (χ3v) is 13.7. The lowest BCUT2D eigenvalue weighted by atomic mass is 10.1. The molecule has 0 unspecified atom stereocenters. The Morgan fingerprint density at radius 1 is 0.250 bits per heavy atom. The number of halogens is 1. The maximum Gasteiger partial charge on any atom is 0.0594 e. The normalized spacial score (nSPS) is 11.7. The third-order valence-electron chi connectivity index (χ3n) is 8.37. The van der Waals surface area contributed by atoms with E-state index in [0.29, 0.717) is 0 Å². The molecule has 0 rings (SSSR count). The average Bonchev–Trinajstić information content (AvgIpc) is 2.85. The summed E-state index contributed by atoms with van der Waals surface area (Å²) in [4.78, 5) is 0. The zero-order valence-corrected chi connectivity index (χ0v) is 28.5. The number of unbranched alkanes of at least 4 members (excludes halogenated alkanes) is 22. The van der Waals surface area contributed by atoms with Crippen LogP contribution in [0.1, 0.15) is 195 Å². The molecule has 0 fully saturated rings. The van der Waals surface area contributed by atoms with Crippen molar-refractivity contribution in [2.24, 2.45) is 0 Å². The summed E-state index contributed by atoms with van der Waals surface area (Å²) in [6, 6.07) is 0. The lowest BCUT2D eigenvalue weighted by Crippen LogP contribution is -3.00. The van der Waals surface area contributed by atoms with Crippen molar-refractivity contribution in [3.8, 4) is 0 Å². The van der Waals surface area contributed by atoms with Gasteiger partial charge in [0, 0.05) is 7.26 Å². The summed E-state index contributed by atoms with van der Waals surface area (Å²) in [6.07, 6.45) is 44.9. The molecule has 2 heteroatoms. The molecule has 0 N–H and O–H groups in total. The van der Waals surface area contributed by atoms with Crippen molar-refractivity contribution in [1.82, 2.24) is 0 Å². The van der Waals surface area contributed by atoms with Gasteiger partial charge < -0.3 is 17.0 Å². The first-order valence-corrected chi connectivity index (χ1v) is 19.6. The van der Waals surface area contributed by atoms with Crippen LogP contribution in [-0.2, 0) is 0 Å². The number of rotatable bonds is 30. The fourth-order valence-corrected chi connectivity index (χ4v) is 11.2. The average molecular weight is 592 g/mol. The van der Waals surface area contributed by atoms with Gasteiger partial charge in [-0.3, -0.25) is 0 Å². The lowest BCUT2D eigenvalue weighted by Gasteiger charge is -2.27. The highest BCUT2D eigenvalue weighted by molar-refractivity contribution is 7.75. The molecule has 0 aliphatic heterocycles.